The molecule has 0 spiro atoms. The molecule has 0 aliphatic heterocycles. The lowest BCUT2D eigenvalue weighted by Gasteiger charge is -2.19. The van der Waals surface area contributed by atoms with Crippen LogP contribution in [0.25, 0.3) is 0 Å². The van der Waals surface area contributed by atoms with Gasteiger partial charge >= 0.3 is 6.09 Å². The van der Waals surface area contributed by atoms with Crippen molar-refractivity contribution in [1.29, 1.82) is 0 Å². The number of carbonyl (C=O) groups excluding carboxylic acids is 3. The van der Waals surface area contributed by atoms with Crippen molar-refractivity contribution < 1.29 is 47.5 Å². The Labute approximate surface area is 270 Å². The first-order chi connectivity index (χ1) is 21.7. The number of hydrogen-bond donors (Lipinski definition) is 4. The lowest BCUT2D eigenvalue weighted by atomic mass is 10.2. The summed E-state index contributed by atoms with van der Waals surface area (Å²) in [6.07, 6.45) is 5.21. The number of hydrogen-bond acceptors (Lipinski definition) is 11. The normalized spacial score (nSPS) is 10.8. The van der Waals surface area contributed by atoms with Crippen molar-refractivity contribution in [1.82, 2.24) is 16.0 Å². The average Bonchev–Trinajstić information content (AvgIpc) is 3.00. The van der Waals surface area contributed by atoms with E-state index in [0.717, 1.165) is 19.3 Å². The van der Waals surface area contributed by atoms with Gasteiger partial charge in [-0.2, -0.15) is 0 Å². The molecule has 0 aromatic heterocycles. The number of nitrogens with two attached hydrogens (primary N) is 1. The molecule has 0 rings (SSSR count). The number of amides is 3. The van der Waals surface area contributed by atoms with E-state index in [1.54, 1.807) is 0 Å². The fourth-order valence-electron chi connectivity index (χ4n) is 2.86. The van der Waals surface area contributed by atoms with Crippen LogP contribution >= 0.6 is 0 Å². The fraction of sp³-hybridized carbons (Fsp3) is 0.774. The van der Waals surface area contributed by atoms with Gasteiger partial charge in [0.1, 0.15) is 5.60 Å². The SMILES string of the molecule is C=CC(=O)NCCCOCCOCCOCCCN.C=CC(=O)NCCCOCCOCCOCCCNC(=O)OC(C)(C)C. The summed E-state index contributed by atoms with van der Waals surface area (Å²) in [6, 6.07) is 0. The first-order valence-corrected chi connectivity index (χ1v) is 15.6. The Morgan fingerprint density at radius 1 is 0.556 bits per heavy atom. The molecule has 0 atom stereocenters. The third-order valence-corrected chi connectivity index (χ3v) is 5.01. The smallest absolute Gasteiger partial charge is 0.407 e. The van der Waals surface area contributed by atoms with Crippen LogP contribution in [0.4, 0.5) is 4.79 Å². The van der Waals surface area contributed by atoms with Gasteiger partial charge in [0, 0.05) is 46.1 Å². The maximum atomic E-state index is 11.4. The van der Waals surface area contributed by atoms with Crippen LogP contribution in [0.5, 0.6) is 0 Å². The number of alkyl carbamates (subject to hydrolysis) is 1. The van der Waals surface area contributed by atoms with Gasteiger partial charge in [-0.05, 0) is 65.2 Å². The van der Waals surface area contributed by atoms with E-state index in [0.29, 0.717) is 112 Å². The zero-order valence-electron chi connectivity index (χ0n) is 27.9. The Hall–Kier alpha value is -2.59. The summed E-state index contributed by atoms with van der Waals surface area (Å²) >= 11 is 0. The van der Waals surface area contributed by atoms with Crippen molar-refractivity contribution in [2.45, 2.75) is 52.1 Å². The molecule has 0 aliphatic rings. The molecule has 3 amide bonds. The van der Waals surface area contributed by atoms with E-state index in [9.17, 15) is 14.4 Å². The Morgan fingerprint density at radius 3 is 1.18 bits per heavy atom. The van der Waals surface area contributed by atoms with Crippen molar-refractivity contribution in [2.75, 3.05) is 105 Å². The van der Waals surface area contributed by atoms with E-state index >= 15 is 0 Å². The first kappa shape index (κ1) is 44.5. The predicted molar refractivity (Wildman–Crippen MR) is 173 cm³/mol. The maximum absolute atomic E-state index is 11.4. The zero-order chi connectivity index (χ0) is 33.9. The quantitative estimate of drug-likeness (QED) is 0.0686. The van der Waals surface area contributed by atoms with Crippen LogP contribution in [0.3, 0.4) is 0 Å². The van der Waals surface area contributed by atoms with Crippen molar-refractivity contribution >= 4 is 17.9 Å². The largest absolute Gasteiger partial charge is 0.444 e. The molecule has 0 aromatic carbocycles. The molecular weight excluding hydrogens is 588 g/mol. The van der Waals surface area contributed by atoms with Crippen LogP contribution in [-0.2, 0) is 42.7 Å². The summed E-state index contributed by atoms with van der Waals surface area (Å²) in [5.74, 6) is -0.327. The van der Waals surface area contributed by atoms with E-state index < -0.39 is 11.7 Å². The number of nitrogens with one attached hydrogen (secondary N) is 3. The van der Waals surface area contributed by atoms with Gasteiger partial charge in [-0.25, -0.2) is 4.79 Å². The molecule has 0 saturated heterocycles. The van der Waals surface area contributed by atoms with E-state index in [1.807, 2.05) is 20.8 Å². The summed E-state index contributed by atoms with van der Waals surface area (Å²) in [4.78, 5) is 33.1. The van der Waals surface area contributed by atoms with Gasteiger partial charge in [0.25, 0.3) is 0 Å². The molecule has 0 saturated carbocycles. The fourth-order valence-corrected chi connectivity index (χ4v) is 2.86. The van der Waals surface area contributed by atoms with Crippen LogP contribution < -0.4 is 21.7 Å². The van der Waals surface area contributed by atoms with Gasteiger partial charge < -0.3 is 54.8 Å². The molecular formula is C31H60N4O10. The van der Waals surface area contributed by atoms with Crippen molar-refractivity contribution in [3.63, 3.8) is 0 Å². The highest BCUT2D eigenvalue weighted by Crippen LogP contribution is 2.06. The van der Waals surface area contributed by atoms with Crippen molar-refractivity contribution in [2.24, 2.45) is 5.73 Å². The molecule has 0 heterocycles. The lowest BCUT2D eigenvalue weighted by molar-refractivity contribution is -0.117. The van der Waals surface area contributed by atoms with E-state index in [-0.39, 0.29) is 11.8 Å². The highest BCUT2D eigenvalue weighted by atomic mass is 16.6. The monoisotopic (exact) mass is 648 g/mol. The summed E-state index contributed by atoms with van der Waals surface area (Å²) in [5.41, 5.74) is 4.84. The first-order valence-electron chi connectivity index (χ1n) is 15.6. The average molecular weight is 649 g/mol. The molecule has 0 aromatic rings. The molecule has 14 heteroatoms. The third-order valence-electron chi connectivity index (χ3n) is 5.01. The van der Waals surface area contributed by atoms with Crippen LogP contribution in [-0.4, -0.2) is 129 Å². The van der Waals surface area contributed by atoms with E-state index in [1.165, 1.54) is 12.2 Å². The minimum Gasteiger partial charge on any atom is -0.444 e. The van der Waals surface area contributed by atoms with E-state index in [2.05, 4.69) is 29.1 Å². The minimum atomic E-state index is -0.483. The molecule has 0 unspecified atom stereocenters. The second kappa shape index (κ2) is 34.3. The molecule has 0 bridgehead atoms. The van der Waals surface area contributed by atoms with Gasteiger partial charge in [0.2, 0.25) is 11.8 Å². The van der Waals surface area contributed by atoms with Gasteiger partial charge in [-0.1, -0.05) is 13.2 Å². The highest BCUT2D eigenvalue weighted by Gasteiger charge is 2.15. The standard InChI is InChI=1S/C18H34N2O6.C13H26N2O4/c1-5-16(21)19-8-6-10-23-12-14-25-15-13-24-11-7-9-20-17(22)26-18(2,3)4;1-2-13(16)15-6-4-8-18-10-12-19-11-9-17-7-3-5-14/h5H,1,6-15H2,2-4H3,(H,19,21)(H,20,22);2H,1,3-12,14H2,(H,15,16). The van der Waals surface area contributed by atoms with Gasteiger partial charge in [0.05, 0.1) is 52.9 Å². The molecule has 45 heavy (non-hydrogen) atoms. The number of rotatable bonds is 29. The van der Waals surface area contributed by atoms with Crippen molar-refractivity contribution in [3.05, 3.63) is 25.3 Å². The van der Waals surface area contributed by atoms with E-state index in [4.69, 9.17) is 38.9 Å². The Bertz CT molecular complexity index is 736. The highest BCUT2D eigenvalue weighted by molar-refractivity contribution is 5.87. The Balaban J connectivity index is 0. The third kappa shape index (κ3) is 41.4. The number of ether oxygens (including phenoxy) is 7. The molecule has 0 radical (unpaired) electrons. The van der Waals surface area contributed by atoms with Crippen LogP contribution in [0.1, 0.15) is 46.5 Å². The molecule has 14 nitrogen and oxygen atoms in total. The van der Waals surface area contributed by atoms with Crippen LogP contribution in [0.2, 0.25) is 0 Å². The topological polar surface area (TPSA) is 178 Å². The summed E-state index contributed by atoms with van der Waals surface area (Å²) < 4.78 is 37.2. The predicted octanol–water partition coefficient (Wildman–Crippen LogP) is 1.72. The van der Waals surface area contributed by atoms with Gasteiger partial charge in [-0.15, -0.1) is 0 Å². The summed E-state index contributed by atoms with van der Waals surface area (Å²) in [6.45, 7) is 21.2. The van der Waals surface area contributed by atoms with Crippen LogP contribution in [0.15, 0.2) is 25.3 Å². The molecule has 0 fully saturated rings. The Kier molecular flexibility index (Phi) is 33.9. The summed E-state index contributed by atoms with van der Waals surface area (Å²) in [7, 11) is 0. The Morgan fingerprint density at radius 2 is 0.867 bits per heavy atom. The maximum Gasteiger partial charge on any atom is 0.407 e. The number of carbonyl (C=O) groups is 3. The van der Waals surface area contributed by atoms with Crippen LogP contribution in [0, 0.1) is 0 Å². The zero-order valence-corrected chi connectivity index (χ0v) is 27.9. The van der Waals surface area contributed by atoms with Crippen molar-refractivity contribution in [3.8, 4) is 0 Å². The molecule has 5 N–H and O–H groups in total. The second-order valence-electron chi connectivity index (χ2n) is 10.3. The summed E-state index contributed by atoms with van der Waals surface area (Å²) in [5, 5.41) is 8.02. The molecule has 264 valence electrons. The second-order valence-corrected chi connectivity index (χ2v) is 10.3. The molecule has 0 aliphatic carbocycles. The lowest BCUT2D eigenvalue weighted by Crippen LogP contribution is -2.33. The van der Waals surface area contributed by atoms with Gasteiger partial charge in [0.15, 0.2) is 0 Å². The van der Waals surface area contributed by atoms with Gasteiger partial charge in [-0.3, -0.25) is 9.59 Å². The minimum absolute atomic E-state index is 0.155.